The lowest BCUT2D eigenvalue weighted by Crippen LogP contribution is -2.43. The van der Waals surface area contributed by atoms with E-state index in [9.17, 15) is 19.7 Å². The SMILES string of the molecule is O=C(N/N=C\c1ccc([N+](=O)[O-])cc1)C(=O)N1CCCCC1. The molecule has 0 aromatic heterocycles. The highest BCUT2D eigenvalue weighted by Gasteiger charge is 2.22. The van der Waals surface area contributed by atoms with Gasteiger partial charge in [0.2, 0.25) is 0 Å². The van der Waals surface area contributed by atoms with Gasteiger partial charge in [0, 0.05) is 25.2 Å². The normalized spacial score (nSPS) is 14.8. The van der Waals surface area contributed by atoms with Crippen molar-refractivity contribution < 1.29 is 14.5 Å². The first-order valence-corrected chi connectivity index (χ1v) is 6.94. The molecule has 1 heterocycles. The smallest absolute Gasteiger partial charge is 0.329 e. The van der Waals surface area contributed by atoms with E-state index in [0.29, 0.717) is 18.7 Å². The lowest BCUT2D eigenvalue weighted by atomic mass is 10.1. The number of non-ortho nitro benzene ring substituents is 1. The van der Waals surface area contributed by atoms with Gasteiger partial charge >= 0.3 is 11.8 Å². The Morgan fingerprint density at radius 1 is 1.18 bits per heavy atom. The number of piperidine rings is 1. The predicted octanol–water partition coefficient (Wildman–Crippen LogP) is 1.06. The Morgan fingerprint density at radius 3 is 2.41 bits per heavy atom. The van der Waals surface area contributed by atoms with Crippen LogP contribution in [0.25, 0.3) is 0 Å². The fourth-order valence-corrected chi connectivity index (χ4v) is 2.14. The minimum atomic E-state index is -0.778. The molecule has 0 unspecified atom stereocenters. The predicted molar refractivity (Wildman–Crippen MR) is 79.3 cm³/mol. The molecule has 1 aromatic carbocycles. The molecule has 1 saturated heterocycles. The molecule has 0 saturated carbocycles. The van der Waals surface area contributed by atoms with Crippen molar-refractivity contribution >= 4 is 23.7 Å². The minimum Gasteiger partial charge on any atom is -0.334 e. The van der Waals surface area contributed by atoms with Crippen molar-refractivity contribution in [2.75, 3.05) is 13.1 Å². The van der Waals surface area contributed by atoms with Crippen LogP contribution in [0.15, 0.2) is 29.4 Å². The molecule has 1 aliphatic heterocycles. The van der Waals surface area contributed by atoms with Crippen molar-refractivity contribution in [2.24, 2.45) is 5.10 Å². The summed E-state index contributed by atoms with van der Waals surface area (Å²) in [5.74, 6) is -1.36. The van der Waals surface area contributed by atoms with E-state index in [2.05, 4.69) is 10.5 Å². The summed E-state index contributed by atoms with van der Waals surface area (Å²) in [6.45, 7) is 1.19. The third-order valence-corrected chi connectivity index (χ3v) is 3.32. The first kappa shape index (κ1) is 15.6. The summed E-state index contributed by atoms with van der Waals surface area (Å²) in [5, 5.41) is 14.2. The zero-order chi connectivity index (χ0) is 15.9. The Labute approximate surface area is 126 Å². The van der Waals surface area contributed by atoms with Gasteiger partial charge in [-0.25, -0.2) is 5.43 Å². The standard InChI is InChI=1S/C14H16N4O4/c19-13(14(20)17-8-2-1-3-9-17)16-15-10-11-4-6-12(7-5-11)18(21)22/h4-7,10H,1-3,8-9H2,(H,16,19)/b15-10-. The van der Waals surface area contributed by atoms with Crippen LogP contribution in [0.5, 0.6) is 0 Å². The van der Waals surface area contributed by atoms with Crippen molar-refractivity contribution in [3.8, 4) is 0 Å². The number of rotatable bonds is 3. The van der Waals surface area contributed by atoms with Gasteiger partial charge in [-0.3, -0.25) is 19.7 Å². The van der Waals surface area contributed by atoms with E-state index in [0.717, 1.165) is 19.3 Å². The van der Waals surface area contributed by atoms with Crippen LogP contribution < -0.4 is 5.43 Å². The number of carbonyl (C=O) groups excluding carboxylic acids is 2. The van der Waals surface area contributed by atoms with Crippen molar-refractivity contribution in [3.05, 3.63) is 39.9 Å². The van der Waals surface area contributed by atoms with Crippen LogP contribution in [-0.4, -0.2) is 40.9 Å². The topological polar surface area (TPSA) is 105 Å². The summed E-state index contributed by atoms with van der Waals surface area (Å²) in [5.41, 5.74) is 2.72. The molecule has 2 amide bonds. The highest BCUT2D eigenvalue weighted by Crippen LogP contribution is 2.10. The highest BCUT2D eigenvalue weighted by atomic mass is 16.6. The second-order valence-electron chi connectivity index (χ2n) is 4.90. The molecule has 0 bridgehead atoms. The van der Waals surface area contributed by atoms with Gasteiger partial charge in [-0.2, -0.15) is 5.10 Å². The maximum atomic E-state index is 11.8. The maximum absolute atomic E-state index is 11.8. The Morgan fingerprint density at radius 2 is 1.82 bits per heavy atom. The number of hydrogen-bond acceptors (Lipinski definition) is 5. The lowest BCUT2D eigenvalue weighted by molar-refractivity contribution is -0.384. The molecule has 1 aromatic rings. The molecule has 0 aliphatic carbocycles. The van der Waals surface area contributed by atoms with E-state index in [-0.39, 0.29) is 5.69 Å². The second-order valence-corrected chi connectivity index (χ2v) is 4.90. The van der Waals surface area contributed by atoms with Gasteiger partial charge in [0.05, 0.1) is 11.1 Å². The quantitative estimate of drug-likeness (QED) is 0.390. The Hall–Kier alpha value is -2.77. The number of benzene rings is 1. The largest absolute Gasteiger partial charge is 0.334 e. The van der Waals surface area contributed by atoms with Crippen LogP contribution in [-0.2, 0) is 9.59 Å². The Kier molecular flexibility index (Phi) is 5.18. The van der Waals surface area contributed by atoms with Crippen LogP contribution in [0.2, 0.25) is 0 Å². The fraction of sp³-hybridized carbons (Fsp3) is 0.357. The zero-order valence-corrected chi connectivity index (χ0v) is 11.9. The number of nitrogens with zero attached hydrogens (tertiary/aromatic N) is 3. The third-order valence-electron chi connectivity index (χ3n) is 3.32. The van der Waals surface area contributed by atoms with Crippen LogP contribution >= 0.6 is 0 Å². The minimum absolute atomic E-state index is 0.0264. The van der Waals surface area contributed by atoms with Crippen LogP contribution in [0.3, 0.4) is 0 Å². The monoisotopic (exact) mass is 304 g/mol. The van der Waals surface area contributed by atoms with Gasteiger partial charge in [0.1, 0.15) is 0 Å². The first-order chi connectivity index (χ1) is 10.6. The summed E-state index contributed by atoms with van der Waals surface area (Å²) in [4.78, 5) is 35.0. The third kappa shape index (κ3) is 4.11. The Bertz CT molecular complexity index is 591. The summed E-state index contributed by atoms with van der Waals surface area (Å²) in [7, 11) is 0. The summed E-state index contributed by atoms with van der Waals surface area (Å²) < 4.78 is 0. The Balaban J connectivity index is 1.86. The van der Waals surface area contributed by atoms with E-state index in [1.165, 1.54) is 35.4 Å². The lowest BCUT2D eigenvalue weighted by Gasteiger charge is -2.25. The zero-order valence-electron chi connectivity index (χ0n) is 11.9. The van der Waals surface area contributed by atoms with E-state index < -0.39 is 16.7 Å². The number of nitrogens with one attached hydrogen (secondary N) is 1. The molecule has 0 radical (unpaired) electrons. The number of hydrogen-bond donors (Lipinski definition) is 1. The van der Waals surface area contributed by atoms with Gasteiger partial charge in [0.15, 0.2) is 0 Å². The first-order valence-electron chi connectivity index (χ1n) is 6.94. The molecular weight excluding hydrogens is 288 g/mol. The number of amides is 2. The van der Waals surface area contributed by atoms with E-state index in [1.807, 2.05) is 0 Å². The molecule has 1 N–H and O–H groups in total. The van der Waals surface area contributed by atoms with Crippen LogP contribution in [0.4, 0.5) is 5.69 Å². The van der Waals surface area contributed by atoms with E-state index in [1.54, 1.807) is 0 Å². The summed E-state index contributed by atoms with van der Waals surface area (Å²) >= 11 is 0. The number of nitro benzene ring substituents is 1. The van der Waals surface area contributed by atoms with Crippen molar-refractivity contribution in [3.63, 3.8) is 0 Å². The van der Waals surface area contributed by atoms with E-state index >= 15 is 0 Å². The van der Waals surface area contributed by atoms with Crippen molar-refractivity contribution in [1.82, 2.24) is 10.3 Å². The number of carbonyl (C=O) groups is 2. The van der Waals surface area contributed by atoms with Crippen LogP contribution in [0.1, 0.15) is 24.8 Å². The van der Waals surface area contributed by atoms with Gasteiger partial charge in [0.25, 0.3) is 5.69 Å². The second kappa shape index (κ2) is 7.30. The van der Waals surface area contributed by atoms with Gasteiger partial charge < -0.3 is 4.90 Å². The number of hydrazone groups is 1. The molecule has 1 aliphatic rings. The van der Waals surface area contributed by atoms with Gasteiger partial charge in [-0.1, -0.05) is 0 Å². The average Bonchev–Trinajstić information content (AvgIpc) is 2.55. The highest BCUT2D eigenvalue weighted by molar-refractivity contribution is 6.35. The van der Waals surface area contributed by atoms with Crippen LogP contribution in [0, 0.1) is 10.1 Å². The molecule has 1 fully saturated rings. The number of nitro groups is 1. The summed E-state index contributed by atoms with van der Waals surface area (Å²) in [6.07, 6.45) is 4.21. The molecule has 2 rings (SSSR count). The molecular formula is C14H16N4O4. The molecule has 22 heavy (non-hydrogen) atoms. The van der Waals surface area contributed by atoms with Crippen molar-refractivity contribution in [2.45, 2.75) is 19.3 Å². The van der Waals surface area contributed by atoms with Gasteiger partial charge in [-0.05, 0) is 37.0 Å². The molecule has 8 nitrogen and oxygen atoms in total. The van der Waals surface area contributed by atoms with Crippen molar-refractivity contribution in [1.29, 1.82) is 0 Å². The fourth-order valence-electron chi connectivity index (χ4n) is 2.14. The maximum Gasteiger partial charge on any atom is 0.329 e. The van der Waals surface area contributed by atoms with E-state index in [4.69, 9.17) is 0 Å². The average molecular weight is 304 g/mol. The molecule has 0 spiro atoms. The molecule has 116 valence electrons. The molecule has 8 heteroatoms. The van der Waals surface area contributed by atoms with Gasteiger partial charge in [-0.15, -0.1) is 0 Å². The summed E-state index contributed by atoms with van der Waals surface area (Å²) in [6, 6.07) is 5.67. The molecule has 0 atom stereocenters. The number of likely N-dealkylation sites (tertiary alicyclic amines) is 1.